The minimum absolute atomic E-state index is 0.0534. The van der Waals surface area contributed by atoms with Crippen molar-refractivity contribution in [3.05, 3.63) is 70.2 Å². The molecule has 0 amide bonds. The van der Waals surface area contributed by atoms with Gasteiger partial charge in [-0.1, -0.05) is 19.1 Å². The molecule has 0 radical (unpaired) electrons. The molecule has 0 saturated carbocycles. The predicted molar refractivity (Wildman–Crippen MR) is 96.3 cm³/mol. The molecule has 0 bridgehead atoms. The van der Waals surface area contributed by atoms with Gasteiger partial charge in [0.25, 0.3) is 5.69 Å². The average Bonchev–Trinajstić information content (AvgIpc) is 3.02. The molecule has 2 heterocycles. The highest BCUT2D eigenvalue weighted by Gasteiger charge is 2.27. The number of fused-ring (bicyclic) bond motifs is 1. The number of non-ortho nitro benzene ring substituents is 1. The highest BCUT2D eigenvalue weighted by atomic mass is 32.2. The highest BCUT2D eigenvalue weighted by molar-refractivity contribution is 7.89. The van der Waals surface area contributed by atoms with Gasteiger partial charge in [-0.15, -0.1) is 0 Å². The van der Waals surface area contributed by atoms with E-state index in [1.165, 1.54) is 16.4 Å². The SMILES string of the molecule is CCN(Cc1cnc2ccccn12)S(=O)(=O)c1cc([N+](=O)[O-])ccc1C. The van der Waals surface area contributed by atoms with Crippen molar-refractivity contribution in [2.45, 2.75) is 25.3 Å². The van der Waals surface area contributed by atoms with Crippen LogP contribution in [0.4, 0.5) is 5.69 Å². The van der Waals surface area contributed by atoms with Crippen LogP contribution in [0.1, 0.15) is 18.2 Å². The van der Waals surface area contributed by atoms with Gasteiger partial charge >= 0.3 is 0 Å². The van der Waals surface area contributed by atoms with Gasteiger partial charge in [-0.2, -0.15) is 4.31 Å². The zero-order chi connectivity index (χ0) is 18.9. The van der Waals surface area contributed by atoms with Crippen molar-refractivity contribution >= 4 is 21.4 Å². The Labute approximate surface area is 150 Å². The minimum atomic E-state index is -3.89. The standard InChI is InChI=1S/C17H18N4O4S/c1-3-19(12-15-11-18-17-6-4-5-9-20(15)17)26(24,25)16-10-14(21(22)23)8-7-13(16)2/h4-11H,3,12H2,1-2H3. The lowest BCUT2D eigenvalue weighted by molar-refractivity contribution is -0.385. The molecule has 0 unspecified atom stereocenters. The normalized spacial score (nSPS) is 12.0. The summed E-state index contributed by atoms with van der Waals surface area (Å²) in [4.78, 5) is 14.6. The van der Waals surface area contributed by atoms with E-state index in [0.717, 1.165) is 11.7 Å². The number of nitro groups is 1. The summed E-state index contributed by atoms with van der Waals surface area (Å²) < 4.78 is 29.3. The molecule has 26 heavy (non-hydrogen) atoms. The number of benzene rings is 1. The average molecular weight is 374 g/mol. The zero-order valence-electron chi connectivity index (χ0n) is 14.4. The molecular formula is C17H18N4O4S. The van der Waals surface area contributed by atoms with Crippen molar-refractivity contribution in [2.75, 3.05) is 6.54 Å². The lowest BCUT2D eigenvalue weighted by Crippen LogP contribution is -2.31. The molecule has 9 heteroatoms. The van der Waals surface area contributed by atoms with E-state index in [1.807, 2.05) is 28.8 Å². The second-order valence-electron chi connectivity index (χ2n) is 5.82. The molecule has 0 saturated heterocycles. The van der Waals surface area contributed by atoms with E-state index in [1.54, 1.807) is 20.0 Å². The van der Waals surface area contributed by atoms with Gasteiger partial charge < -0.3 is 4.40 Å². The molecule has 3 rings (SSSR count). The van der Waals surface area contributed by atoms with Gasteiger partial charge in [0.1, 0.15) is 5.65 Å². The van der Waals surface area contributed by atoms with Gasteiger partial charge in [0.2, 0.25) is 10.0 Å². The monoisotopic (exact) mass is 374 g/mol. The van der Waals surface area contributed by atoms with E-state index in [2.05, 4.69) is 4.98 Å². The Balaban J connectivity index is 2.01. The Hall–Kier alpha value is -2.78. The van der Waals surface area contributed by atoms with Crippen LogP contribution in [-0.4, -0.2) is 33.6 Å². The third-order valence-corrected chi connectivity index (χ3v) is 6.25. The van der Waals surface area contributed by atoms with Gasteiger partial charge in [-0.05, 0) is 24.6 Å². The fourth-order valence-corrected chi connectivity index (χ4v) is 4.43. The molecule has 1 aromatic carbocycles. The van der Waals surface area contributed by atoms with Crippen LogP contribution < -0.4 is 0 Å². The van der Waals surface area contributed by atoms with Crippen molar-refractivity contribution in [1.29, 1.82) is 0 Å². The number of nitro benzene ring substituents is 1. The van der Waals surface area contributed by atoms with E-state index in [-0.39, 0.29) is 23.7 Å². The molecule has 3 aromatic rings. The molecule has 0 aliphatic rings. The first-order valence-corrected chi connectivity index (χ1v) is 9.44. The Bertz CT molecular complexity index is 1080. The number of hydrogen-bond acceptors (Lipinski definition) is 5. The molecule has 0 aliphatic carbocycles. The number of hydrogen-bond donors (Lipinski definition) is 0. The number of imidazole rings is 1. The van der Waals surface area contributed by atoms with E-state index in [0.29, 0.717) is 11.3 Å². The Morgan fingerprint density at radius 1 is 1.27 bits per heavy atom. The van der Waals surface area contributed by atoms with E-state index in [9.17, 15) is 18.5 Å². The van der Waals surface area contributed by atoms with Crippen molar-refractivity contribution in [2.24, 2.45) is 0 Å². The van der Waals surface area contributed by atoms with Crippen molar-refractivity contribution < 1.29 is 13.3 Å². The van der Waals surface area contributed by atoms with Gasteiger partial charge in [-0.3, -0.25) is 10.1 Å². The number of nitrogens with zero attached hydrogens (tertiary/aromatic N) is 4. The summed E-state index contributed by atoms with van der Waals surface area (Å²) in [6.07, 6.45) is 3.45. The lowest BCUT2D eigenvalue weighted by atomic mass is 10.2. The van der Waals surface area contributed by atoms with Crippen molar-refractivity contribution in [1.82, 2.24) is 13.7 Å². The second-order valence-corrected chi connectivity index (χ2v) is 7.72. The minimum Gasteiger partial charge on any atom is -0.303 e. The van der Waals surface area contributed by atoms with E-state index in [4.69, 9.17) is 0 Å². The summed E-state index contributed by atoms with van der Waals surface area (Å²) in [6, 6.07) is 9.39. The fraction of sp³-hybridized carbons (Fsp3) is 0.235. The molecule has 2 aromatic heterocycles. The maximum Gasteiger partial charge on any atom is 0.270 e. The first-order valence-electron chi connectivity index (χ1n) is 8.00. The van der Waals surface area contributed by atoms with Gasteiger partial charge in [0.15, 0.2) is 0 Å². The summed E-state index contributed by atoms with van der Waals surface area (Å²) in [5.74, 6) is 0. The summed E-state index contributed by atoms with van der Waals surface area (Å²) in [6.45, 7) is 3.70. The third-order valence-electron chi connectivity index (χ3n) is 4.19. The van der Waals surface area contributed by atoms with E-state index >= 15 is 0 Å². The largest absolute Gasteiger partial charge is 0.303 e. The second kappa shape index (κ2) is 6.85. The molecule has 0 fully saturated rings. The summed E-state index contributed by atoms with van der Waals surface area (Å²) >= 11 is 0. The van der Waals surface area contributed by atoms with Gasteiger partial charge in [-0.25, -0.2) is 13.4 Å². The molecule has 0 spiro atoms. The predicted octanol–water partition coefficient (Wildman–Crippen LogP) is 2.76. The first kappa shape index (κ1) is 18.0. The van der Waals surface area contributed by atoms with Crippen LogP contribution >= 0.6 is 0 Å². The molecule has 8 nitrogen and oxygen atoms in total. The van der Waals surface area contributed by atoms with Crippen molar-refractivity contribution in [3.63, 3.8) is 0 Å². The van der Waals surface area contributed by atoms with Crippen LogP contribution in [0.2, 0.25) is 0 Å². The quantitative estimate of drug-likeness (QED) is 0.488. The van der Waals surface area contributed by atoms with Gasteiger partial charge in [0, 0.05) is 24.9 Å². The zero-order valence-corrected chi connectivity index (χ0v) is 15.2. The topological polar surface area (TPSA) is 97.8 Å². The van der Waals surface area contributed by atoms with E-state index < -0.39 is 14.9 Å². The number of sulfonamides is 1. The summed E-state index contributed by atoms with van der Waals surface area (Å²) in [5, 5.41) is 11.0. The molecule has 136 valence electrons. The Morgan fingerprint density at radius 2 is 2.04 bits per heavy atom. The van der Waals surface area contributed by atoms with Crippen LogP contribution in [0.3, 0.4) is 0 Å². The third kappa shape index (κ3) is 3.18. The summed E-state index contributed by atoms with van der Waals surface area (Å²) in [7, 11) is -3.89. The van der Waals surface area contributed by atoms with Crippen molar-refractivity contribution in [3.8, 4) is 0 Å². The van der Waals surface area contributed by atoms with Gasteiger partial charge in [0.05, 0.1) is 28.3 Å². The smallest absolute Gasteiger partial charge is 0.270 e. The fourth-order valence-electron chi connectivity index (χ4n) is 2.77. The molecule has 0 N–H and O–H groups in total. The number of rotatable bonds is 6. The van der Waals surface area contributed by atoms with Crippen LogP contribution in [0, 0.1) is 17.0 Å². The number of pyridine rings is 1. The molecule has 0 aliphatic heterocycles. The van der Waals surface area contributed by atoms with Crippen LogP contribution in [0.15, 0.2) is 53.7 Å². The molecular weight excluding hydrogens is 356 g/mol. The highest BCUT2D eigenvalue weighted by Crippen LogP contribution is 2.26. The van der Waals surface area contributed by atoms with Crippen LogP contribution in [0.5, 0.6) is 0 Å². The maximum atomic E-state index is 13.1. The Kier molecular flexibility index (Phi) is 4.75. The Morgan fingerprint density at radius 3 is 2.73 bits per heavy atom. The number of aryl methyl sites for hydroxylation is 1. The van der Waals surface area contributed by atoms with Crippen LogP contribution in [-0.2, 0) is 16.6 Å². The maximum absolute atomic E-state index is 13.1. The first-order chi connectivity index (χ1) is 12.3. The lowest BCUT2D eigenvalue weighted by Gasteiger charge is -2.21. The molecule has 0 atom stereocenters. The summed E-state index contributed by atoms with van der Waals surface area (Å²) in [5.41, 5.74) is 1.66. The van der Waals surface area contributed by atoms with Crippen LogP contribution in [0.25, 0.3) is 5.65 Å². The number of aromatic nitrogens is 2.